The van der Waals surface area contributed by atoms with E-state index >= 15 is 0 Å². The summed E-state index contributed by atoms with van der Waals surface area (Å²) in [5.41, 5.74) is 0. The van der Waals surface area contributed by atoms with Gasteiger partial charge in [0.25, 0.3) is 0 Å². The summed E-state index contributed by atoms with van der Waals surface area (Å²) in [5, 5.41) is 6.17. The van der Waals surface area contributed by atoms with Crippen LogP contribution in [0.5, 0.6) is 0 Å². The van der Waals surface area contributed by atoms with Gasteiger partial charge in [0.1, 0.15) is 0 Å². The molecule has 16 heavy (non-hydrogen) atoms. The van der Waals surface area contributed by atoms with Crippen molar-refractivity contribution < 1.29 is 9.53 Å². The highest BCUT2D eigenvalue weighted by molar-refractivity contribution is 5.78. The van der Waals surface area contributed by atoms with Gasteiger partial charge in [0.15, 0.2) is 0 Å². The van der Waals surface area contributed by atoms with Crippen LogP contribution in [0.4, 0.5) is 0 Å². The Hall–Kier alpha value is -0.610. The molecule has 0 unspecified atom stereocenters. The average molecular weight is 228 g/mol. The number of ether oxygens (including phenoxy) is 1. The highest BCUT2D eigenvalue weighted by Gasteiger charge is 2.16. The van der Waals surface area contributed by atoms with Crippen molar-refractivity contribution in [2.75, 3.05) is 26.3 Å². The second kappa shape index (κ2) is 8.53. The van der Waals surface area contributed by atoms with Crippen molar-refractivity contribution >= 4 is 5.91 Å². The summed E-state index contributed by atoms with van der Waals surface area (Å²) in [4.78, 5) is 11.5. The standard InChI is InChI=1S/C12H24N2O2/c1-2-16-9-5-8-13-10-12(15)14-11-6-3-4-7-11/h11,13H,2-10H2,1H3,(H,14,15). The summed E-state index contributed by atoms with van der Waals surface area (Å²) < 4.78 is 5.21. The van der Waals surface area contributed by atoms with E-state index in [2.05, 4.69) is 10.6 Å². The molecule has 1 saturated carbocycles. The van der Waals surface area contributed by atoms with Gasteiger partial charge in [-0.15, -0.1) is 0 Å². The Balaban J connectivity index is 1.89. The maximum absolute atomic E-state index is 11.5. The summed E-state index contributed by atoms with van der Waals surface area (Å²) in [7, 11) is 0. The number of amides is 1. The fourth-order valence-electron chi connectivity index (χ4n) is 1.99. The van der Waals surface area contributed by atoms with Gasteiger partial charge >= 0.3 is 0 Å². The Kier molecular flexibility index (Phi) is 7.17. The topological polar surface area (TPSA) is 50.4 Å². The quantitative estimate of drug-likeness (QED) is 0.611. The molecule has 1 aliphatic rings. The molecule has 0 saturated heterocycles. The zero-order valence-corrected chi connectivity index (χ0v) is 10.3. The summed E-state index contributed by atoms with van der Waals surface area (Å²) in [6.45, 7) is 4.80. The molecule has 1 aliphatic carbocycles. The maximum Gasteiger partial charge on any atom is 0.234 e. The molecule has 4 heteroatoms. The molecule has 1 rings (SSSR count). The maximum atomic E-state index is 11.5. The fourth-order valence-corrected chi connectivity index (χ4v) is 1.99. The lowest BCUT2D eigenvalue weighted by Crippen LogP contribution is -2.39. The molecule has 0 atom stereocenters. The number of carbonyl (C=O) groups is 1. The molecule has 0 aromatic heterocycles. The minimum atomic E-state index is 0.128. The van der Waals surface area contributed by atoms with Crippen molar-refractivity contribution in [1.82, 2.24) is 10.6 Å². The minimum Gasteiger partial charge on any atom is -0.382 e. The third-order valence-electron chi connectivity index (χ3n) is 2.85. The van der Waals surface area contributed by atoms with Gasteiger partial charge in [0.2, 0.25) is 5.91 Å². The lowest BCUT2D eigenvalue weighted by Gasteiger charge is -2.12. The van der Waals surface area contributed by atoms with Gasteiger partial charge in [-0.1, -0.05) is 12.8 Å². The van der Waals surface area contributed by atoms with Crippen LogP contribution in [-0.4, -0.2) is 38.3 Å². The zero-order valence-electron chi connectivity index (χ0n) is 10.3. The molecule has 94 valence electrons. The summed E-state index contributed by atoms with van der Waals surface area (Å²) in [6, 6.07) is 0.428. The van der Waals surface area contributed by atoms with E-state index in [4.69, 9.17) is 4.74 Å². The Bertz CT molecular complexity index is 191. The van der Waals surface area contributed by atoms with Crippen LogP contribution in [0.3, 0.4) is 0 Å². The first-order chi connectivity index (χ1) is 7.83. The molecule has 0 heterocycles. The van der Waals surface area contributed by atoms with Crippen LogP contribution in [0.15, 0.2) is 0 Å². The van der Waals surface area contributed by atoms with E-state index in [1.165, 1.54) is 12.8 Å². The van der Waals surface area contributed by atoms with Crippen LogP contribution in [0, 0.1) is 0 Å². The van der Waals surface area contributed by atoms with Crippen molar-refractivity contribution in [3.8, 4) is 0 Å². The first-order valence-electron chi connectivity index (χ1n) is 6.40. The van der Waals surface area contributed by atoms with Crippen LogP contribution in [0.25, 0.3) is 0 Å². The van der Waals surface area contributed by atoms with Gasteiger partial charge in [-0.3, -0.25) is 4.79 Å². The van der Waals surface area contributed by atoms with E-state index in [0.717, 1.165) is 39.0 Å². The van der Waals surface area contributed by atoms with Gasteiger partial charge in [-0.2, -0.15) is 0 Å². The molecule has 4 nitrogen and oxygen atoms in total. The molecule has 0 aliphatic heterocycles. The van der Waals surface area contributed by atoms with Crippen molar-refractivity contribution in [2.45, 2.75) is 45.1 Å². The summed E-state index contributed by atoms with van der Waals surface area (Å²) in [5.74, 6) is 0.128. The van der Waals surface area contributed by atoms with E-state index in [9.17, 15) is 4.79 Å². The number of rotatable bonds is 8. The molecule has 2 N–H and O–H groups in total. The van der Waals surface area contributed by atoms with E-state index in [-0.39, 0.29) is 5.91 Å². The van der Waals surface area contributed by atoms with Crippen LogP contribution >= 0.6 is 0 Å². The predicted molar refractivity (Wildman–Crippen MR) is 64.4 cm³/mol. The van der Waals surface area contributed by atoms with Crippen molar-refractivity contribution in [2.24, 2.45) is 0 Å². The van der Waals surface area contributed by atoms with Crippen molar-refractivity contribution in [1.29, 1.82) is 0 Å². The Labute approximate surface area is 98.1 Å². The fraction of sp³-hybridized carbons (Fsp3) is 0.917. The molecular weight excluding hydrogens is 204 g/mol. The molecule has 0 bridgehead atoms. The molecule has 0 aromatic carbocycles. The summed E-state index contributed by atoms with van der Waals surface area (Å²) in [6.07, 6.45) is 5.77. The normalized spacial score (nSPS) is 16.6. The average Bonchev–Trinajstić information content (AvgIpc) is 2.76. The first kappa shape index (κ1) is 13.5. The second-order valence-corrected chi connectivity index (χ2v) is 4.28. The highest BCUT2D eigenvalue weighted by atomic mass is 16.5. The van der Waals surface area contributed by atoms with Crippen LogP contribution < -0.4 is 10.6 Å². The third kappa shape index (κ3) is 6.08. The lowest BCUT2D eigenvalue weighted by molar-refractivity contribution is -0.120. The molecule has 0 radical (unpaired) electrons. The number of hydrogen-bond donors (Lipinski definition) is 2. The zero-order chi connectivity index (χ0) is 11.6. The smallest absolute Gasteiger partial charge is 0.234 e. The van der Waals surface area contributed by atoms with E-state index in [0.29, 0.717) is 12.6 Å². The predicted octanol–water partition coefficient (Wildman–Crippen LogP) is 1.06. The number of nitrogens with one attached hydrogen (secondary N) is 2. The molecule has 1 fully saturated rings. The SMILES string of the molecule is CCOCCCNCC(=O)NC1CCCC1. The Morgan fingerprint density at radius 2 is 2.12 bits per heavy atom. The van der Waals surface area contributed by atoms with Crippen molar-refractivity contribution in [3.05, 3.63) is 0 Å². The van der Waals surface area contributed by atoms with Crippen molar-refractivity contribution in [3.63, 3.8) is 0 Å². The molecule has 0 aromatic rings. The van der Waals surface area contributed by atoms with Crippen LogP contribution in [-0.2, 0) is 9.53 Å². The second-order valence-electron chi connectivity index (χ2n) is 4.28. The number of carbonyl (C=O) groups excluding carboxylic acids is 1. The van der Waals surface area contributed by atoms with Crippen LogP contribution in [0.2, 0.25) is 0 Å². The third-order valence-corrected chi connectivity index (χ3v) is 2.85. The monoisotopic (exact) mass is 228 g/mol. The van der Waals surface area contributed by atoms with Gasteiger partial charge in [-0.25, -0.2) is 0 Å². The van der Waals surface area contributed by atoms with E-state index < -0.39 is 0 Å². The highest BCUT2D eigenvalue weighted by Crippen LogP contribution is 2.17. The largest absolute Gasteiger partial charge is 0.382 e. The van der Waals surface area contributed by atoms with E-state index in [1.807, 2.05) is 6.92 Å². The molecule has 0 spiro atoms. The van der Waals surface area contributed by atoms with Gasteiger partial charge in [-0.05, 0) is 32.7 Å². The van der Waals surface area contributed by atoms with Gasteiger partial charge in [0.05, 0.1) is 6.54 Å². The molecular formula is C12H24N2O2. The lowest BCUT2D eigenvalue weighted by atomic mass is 10.2. The van der Waals surface area contributed by atoms with Gasteiger partial charge in [0, 0.05) is 19.3 Å². The van der Waals surface area contributed by atoms with E-state index in [1.54, 1.807) is 0 Å². The van der Waals surface area contributed by atoms with Gasteiger partial charge < -0.3 is 15.4 Å². The Morgan fingerprint density at radius 1 is 1.38 bits per heavy atom. The first-order valence-corrected chi connectivity index (χ1v) is 6.40. The number of hydrogen-bond acceptors (Lipinski definition) is 3. The summed E-state index contributed by atoms with van der Waals surface area (Å²) >= 11 is 0. The Morgan fingerprint density at radius 3 is 2.81 bits per heavy atom. The molecule has 1 amide bonds. The minimum absolute atomic E-state index is 0.128. The van der Waals surface area contributed by atoms with Crippen LogP contribution in [0.1, 0.15) is 39.0 Å².